The molecule has 0 heterocycles. The molecule has 1 aliphatic carbocycles. The number of carbonyl (C=O) groups excluding carboxylic acids is 2. The molecular formula is C27H34N2O3. The Morgan fingerprint density at radius 2 is 1.56 bits per heavy atom. The Labute approximate surface area is 191 Å². The number of carbonyl (C=O) groups is 2. The molecule has 1 aliphatic rings. The van der Waals surface area contributed by atoms with E-state index in [1.807, 2.05) is 54.6 Å². The van der Waals surface area contributed by atoms with Crippen molar-refractivity contribution >= 4 is 18.1 Å². The summed E-state index contributed by atoms with van der Waals surface area (Å²) in [5.41, 5.74) is 2.76. The van der Waals surface area contributed by atoms with Crippen LogP contribution in [0, 0.1) is 5.92 Å². The van der Waals surface area contributed by atoms with Crippen LogP contribution >= 0.6 is 0 Å². The topological polar surface area (TPSA) is 67.4 Å². The summed E-state index contributed by atoms with van der Waals surface area (Å²) >= 11 is 0. The zero-order valence-electron chi connectivity index (χ0n) is 18.7. The summed E-state index contributed by atoms with van der Waals surface area (Å²) in [5, 5.41) is 5.67. The Kier molecular flexibility index (Phi) is 9.84. The third-order valence-corrected chi connectivity index (χ3v) is 5.75. The van der Waals surface area contributed by atoms with E-state index in [1.165, 1.54) is 32.1 Å². The van der Waals surface area contributed by atoms with Gasteiger partial charge in [-0.25, -0.2) is 4.79 Å². The summed E-state index contributed by atoms with van der Waals surface area (Å²) in [6, 6.07) is 17.3. The van der Waals surface area contributed by atoms with Gasteiger partial charge in [-0.1, -0.05) is 73.9 Å². The average Bonchev–Trinajstić information content (AvgIpc) is 2.85. The van der Waals surface area contributed by atoms with Gasteiger partial charge in [0.05, 0.1) is 0 Å². The Balaban J connectivity index is 1.26. The molecule has 32 heavy (non-hydrogen) atoms. The van der Waals surface area contributed by atoms with Crippen molar-refractivity contribution < 1.29 is 14.3 Å². The van der Waals surface area contributed by atoms with Gasteiger partial charge in [-0.3, -0.25) is 4.79 Å². The molecule has 0 radical (unpaired) electrons. The fourth-order valence-electron chi connectivity index (χ4n) is 3.84. The highest BCUT2D eigenvalue weighted by atomic mass is 16.5. The van der Waals surface area contributed by atoms with E-state index in [9.17, 15) is 9.59 Å². The summed E-state index contributed by atoms with van der Waals surface area (Å²) < 4.78 is 5.17. The van der Waals surface area contributed by atoms with Crippen LogP contribution in [0.25, 0.3) is 6.08 Å². The van der Waals surface area contributed by atoms with E-state index in [-0.39, 0.29) is 12.5 Å². The van der Waals surface area contributed by atoms with Crippen molar-refractivity contribution in [1.82, 2.24) is 10.6 Å². The van der Waals surface area contributed by atoms with Crippen LogP contribution in [0.5, 0.6) is 0 Å². The van der Waals surface area contributed by atoms with Crippen LogP contribution in [0.15, 0.2) is 60.7 Å². The minimum atomic E-state index is -0.421. The number of hydrogen-bond acceptors (Lipinski definition) is 3. The molecule has 0 aromatic heterocycles. The molecule has 5 heteroatoms. The van der Waals surface area contributed by atoms with Gasteiger partial charge in [-0.2, -0.15) is 0 Å². The van der Waals surface area contributed by atoms with Crippen LogP contribution in [0.3, 0.4) is 0 Å². The first-order valence-corrected chi connectivity index (χ1v) is 11.7. The molecule has 2 amide bonds. The molecule has 5 nitrogen and oxygen atoms in total. The predicted octanol–water partition coefficient (Wildman–Crippen LogP) is 5.72. The number of amides is 2. The van der Waals surface area contributed by atoms with Gasteiger partial charge in [0, 0.05) is 18.7 Å². The lowest BCUT2D eigenvalue weighted by atomic mass is 9.89. The Morgan fingerprint density at radius 1 is 0.875 bits per heavy atom. The second-order valence-corrected chi connectivity index (χ2v) is 8.33. The van der Waals surface area contributed by atoms with E-state index in [4.69, 9.17) is 4.74 Å². The van der Waals surface area contributed by atoms with Crippen molar-refractivity contribution in [2.75, 3.05) is 13.1 Å². The number of hydrogen-bond donors (Lipinski definition) is 2. The van der Waals surface area contributed by atoms with Crippen LogP contribution in [0.2, 0.25) is 0 Å². The molecular weight excluding hydrogens is 400 g/mol. The lowest BCUT2D eigenvalue weighted by Gasteiger charge is -2.17. The molecule has 0 aliphatic heterocycles. The first-order valence-electron chi connectivity index (χ1n) is 11.7. The van der Waals surface area contributed by atoms with Crippen LogP contribution in [0.1, 0.15) is 66.4 Å². The predicted molar refractivity (Wildman–Crippen MR) is 128 cm³/mol. The van der Waals surface area contributed by atoms with E-state index in [1.54, 1.807) is 0 Å². The van der Waals surface area contributed by atoms with Gasteiger partial charge < -0.3 is 15.4 Å². The molecule has 2 aromatic rings. The Morgan fingerprint density at radius 3 is 2.28 bits per heavy atom. The van der Waals surface area contributed by atoms with Crippen molar-refractivity contribution in [3.8, 4) is 0 Å². The van der Waals surface area contributed by atoms with Gasteiger partial charge >= 0.3 is 6.09 Å². The number of benzene rings is 2. The third kappa shape index (κ3) is 8.58. The summed E-state index contributed by atoms with van der Waals surface area (Å²) in [5.74, 6) is 0.634. The molecule has 0 atom stereocenters. The molecule has 2 aromatic carbocycles. The number of nitrogens with one attached hydrogen (secondary N) is 2. The fourth-order valence-corrected chi connectivity index (χ4v) is 3.84. The van der Waals surface area contributed by atoms with E-state index in [0.717, 1.165) is 24.0 Å². The molecule has 0 bridgehead atoms. The summed E-state index contributed by atoms with van der Waals surface area (Å²) in [6.45, 7) is 1.35. The minimum Gasteiger partial charge on any atom is -0.445 e. The minimum absolute atomic E-state index is 0.0666. The van der Waals surface area contributed by atoms with Gasteiger partial charge in [0.25, 0.3) is 5.91 Å². The van der Waals surface area contributed by atoms with Gasteiger partial charge in [0.15, 0.2) is 0 Å². The molecule has 3 rings (SSSR count). The van der Waals surface area contributed by atoms with Crippen LogP contribution < -0.4 is 10.6 Å². The van der Waals surface area contributed by atoms with Gasteiger partial charge in [-0.15, -0.1) is 0 Å². The van der Waals surface area contributed by atoms with Crippen LogP contribution in [0.4, 0.5) is 4.79 Å². The number of rotatable bonds is 10. The van der Waals surface area contributed by atoms with E-state index >= 15 is 0 Å². The quantitative estimate of drug-likeness (QED) is 0.470. The van der Waals surface area contributed by atoms with Crippen molar-refractivity contribution in [2.24, 2.45) is 5.92 Å². The molecule has 1 fully saturated rings. The van der Waals surface area contributed by atoms with Gasteiger partial charge in [-0.05, 0) is 54.9 Å². The highest BCUT2D eigenvalue weighted by Gasteiger charge is 2.10. The normalized spacial score (nSPS) is 14.2. The van der Waals surface area contributed by atoms with Crippen molar-refractivity contribution in [3.63, 3.8) is 0 Å². The highest BCUT2D eigenvalue weighted by Crippen LogP contribution is 2.25. The van der Waals surface area contributed by atoms with Crippen molar-refractivity contribution in [1.29, 1.82) is 0 Å². The molecule has 170 valence electrons. The first kappa shape index (κ1) is 23.6. The second kappa shape index (κ2) is 13.4. The standard InChI is InChI=1S/C27H34N2O3/c30-26(25-17-15-23(16-18-25)14-13-22-9-3-1-4-10-22)28-19-7-8-20-29-27(31)32-21-24-11-5-2-6-12-24/h2,5-6,11-18,22H,1,3-4,7-10,19-21H2,(H,28,30)(H,29,31)/b14-13+. The molecule has 0 saturated heterocycles. The van der Waals surface area contributed by atoms with E-state index < -0.39 is 6.09 Å². The number of allylic oxidation sites excluding steroid dienone is 1. The summed E-state index contributed by atoms with van der Waals surface area (Å²) in [7, 11) is 0. The SMILES string of the molecule is O=C(NCCCCNC(=O)c1ccc(/C=C/C2CCCCC2)cc1)OCc1ccccc1. The lowest BCUT2D eigenvalue weighted by molar-refractivity contribution is 0.0952. The van der Waals surface area contributed by atoms with E-state index in [2.05, 4.69) is 22.8 Å². The average molecular weight is 435 g/mol. The molecule has 1 saturated carbocycles. The smallest absolute Gasteiger partial charge is 0.407 e. The summed E-state index contributed by atoms with van der Waals surface area (Å²) in [6.07, 6.45) is 12.3. The maximum absolute atomic E-state index is 12.3. The monoisotopic (exact) mass is 434 g/mol. The lowest BCUT2D eigenvalue weighted by Crippen LogP contribution is -2.27. The summed E-state index contributed by atoms with van der Waals surface area (Å²) in [4.78, 5) is 24.0. The largest absolute Gasteiger partial charge is 0.445 e. The zero-order valence-corrected chi connectivity index (χ0v) is 18.7. The highest BCUT2D eigenvalue weighted by molar-refractivity contribution is 5.94. The Hall–Kier alpha value is -3.08. The second-order valence-electron chi connectivity index (χ2n) is 8.33. The van der Waals surface area contributed by atoms with E-state index in [0.29, 0.717) is 24.6 Å². The molecule has 0 spiro atoms. The fraction of sp³-hybridized carbons (Fsp3) is 0.407. The van der Waals surface area contributed by atoms with Gasteiger partial charge in [0.2, 0.25) is 0 Å². The van der Waals surface area contributed by atoms with Crippen molar-refractivity contribution in [2.45, 2.75) is 51.6 Å². The number of alkyl carbamates (subject to hydrolysis) is 1. The first-order chi connectivity index (χ1) is 15.7. The van der Waals surface area contributed by atoms with Crippen molar-refractivity contribution in [3.05, 3.63) is 77.4 Å². The van der Waals surface area contributed by atoms with Crippen LogP contribution in [-0.4, -0.2) is 25.1 Å². The molecule has 2 N–H and O–H groups in total. The van der Waals surface area contributed by atoms with Crippen LogP contribution in [-0.2, 0) is 11.3 Å². The maximum atomic E-state index is 12.3. The zero-order chi connectivity index (χ0) is 22.4. The Bertz CT molecular complexity index is 856. The number of ether oxygens (including phenoxy) is 1. The molecule has 0 unspecified atom stereocenters. The van der Waals surface area contributed by atoms with Gasteiger partial charge in [0.1, 0.15) is 6.61 Å². The maximum Gasteiger partial charge on any atom is 0.407 e. The number of unbranched alkanes of at least 4 members (excludes halogenated alkanes) is 1. The third-order valence-electron chi connectivity index (χ3n) is 5.75.